The molecular formula is C18H11BrN2O2. The minimum absolute atomic E-state index is 0.238. The van der Waals surface area contributed by atoms with Gasteiger partial charge in [0.05, 0.1) is 17.7 Å². The number of halogens is 1. The summed E-state index contributed by atoms with van der Waals surface area (Å²) in [4.78, 5) is 30.4. The highest BCUT2D eigenvalue weighted by molar-refractivity contribution is 9.10. The molecule has 0 bridgehead atoms. The SMILES string of the molecule is O=C1c2ccccc2C(=O)N1Cc1ccc(Br)c2ccncc12. The fourth-order valence-corrected chi connectivity index (χ4v) is 3.38. The molecule has 2 aromatic carbocycles. The van der Waals surface area contributed by atoms with Gasteiger partial charge in [-0.25, -0.2) is 0 Å². The molecule has 1 aromatic heterocycles. The van der Waals surface area contributed by atoms with E-state index in [2.05, 4.69) is 20.9 Å². The van der Waals surface area contributed by atoms with Crippen molar-refractivity contribution < 1.29 is 9.59 Å². The Morgan fingerprint density at radius 1 is 0.913 bits per heavy atom. The van der Waals surface area contributed by atoms with E-state index in [0.717, 1.165) is 20.8 Å². The number of fused-ring (bicyclic) bond motifs is 2. The molecular weight excluding hydrogens is 356 g/mol. The van der Waals surface area contributed by atoms with Gasteiger partial charge in [0.2, 0.25) is 0 Å². The van der Waals surface area contributed by atoms with Crippen LogP contribution in [0.5, 0.6) is 0 Å². The van der Waals surface area contributed by atoms with Gasteiger partial charge in [0.1, 0.15) is 0 Å². The summed E-state index contributed by atoms with van der Waals surface area (Å²) in [7, 11) is 0. The predicted octanol–water partition coefficient (Wildman–Crippen LogP) is 3.79. The zero-order valence-electron chi connectivity index (χ0n) is 12.0. The summed E-state index contributed by atoms with van der Waals surface area (Å²) in [6, 6.07) is 12.7. The predicted molar refractivity (Wildman–Crippen MR) is 90.1 cm³/mol. The summed E-state index contributed by atoms with van der Waals surface area (Å²) >= 11 is 3.52. The Bertz CT molecular complexity index is 933. The van der Waals surface area contributed by atoms with Crippen molar-refractivity contribution in [3.05, 3.63) is 76.0 Å². The Morgan fingerprint density at radius 2 is 1.61 bits per heavy atom. The lowest BCUT2D eigenvalue weighted by molar-refractivity contribution is 0.0643. The molecule has 4 nitrogen and oxygen atoms in total. The van der Waals surface area contributed by atoms with Gasteiger partial charge in [-0.15, -0.1) is 0 Å². The van der Waals surface area contributed by atoms with Crippen molar-refractivity contribution in [2.45, 2.75) is 6.54 Å². The van der Waals surface area contributed by atoms with E-state index < -0.39 is 0 Å². The van der Waals surface area contributed by atoms with Crippen molar-refractivity contribution in [3.8, 4) is 0 Å². The first-order chi connectivity index (χ1) is 11.2. The second-order valence-corrected chi connectivity index (χ2v) is 6.22. The first-order valence-corrected chi connectivity index (χ1v) is 7.92. The molecule has 23 heavy (non-hydrogen) atoms. The molecule has 112 valence electrons. The van der Waals surface area contributed by atoms with E-state index >= 15 is 0 Å². The minimum atomic E-state index is -0.245. The lowest BCUT2D eigenvalue weighted by Crippen LogP contribution is -2.29. The molecule has 1 aliphatic rings. The van der Waals surface area contributed by atoms with Gasteiger partial charge in [-0.3, -0.25) is 19.5 Å². The number of carbonyl (C=O) groups excluding carboxylic acids is 2. The highest BCUT2D eigenvalue weighted by atomic mass is 79.9. The Kier molecular flexibility index (Phi) is 3.23. The first kappa shape index (κ1) is 14.1. The highest BCUT2D eigenvalue weighted by Gasteiger charge is 2.35. The molecule has 5 heteroatoms. The van der Waals surface area contributed by atoms with Crippen LogP contribution in [0.25, 0.3) is 10.8 Å². The highest BCUT2D eigenvalue weighted by Crippen LogP contribution is 2.29. The second kappa shape index (κ2) is 5.28. The standard InChI is InChI=1S/C18H11BrN2O2/c19-16-6-5-11(15-9-20-8-7-12(15)16)10-21-17(22)13-3-1-2-4-14(13)18(21)23/h1-9H,10H2. The molecule has 0 saturated carbocycles. The van der Waals surface area contributed by atoms with Crippen LogP contribution in [0.3, 0.4) is 0 Å². The number of pyridine rings is 1. The van der Waals surface area contributed by atoms with Crippen LogP contribution < -0.4 is 0 Å². The molecule has 0 spiro atoms. The van der Waals surface area contributed by atoms with E-state index in [1.807, 2.05) is 18.2 Å². The summed E-state index contributed by atoms with van der Waals surface area (Å²) in [5.41, 5.74) is 1.83. The fraction of sp³-hybridized carbons (Fsp3) is 0.0556. The van der Waals surface area contributed by atoms with Gasteiger partial charge >= 0.3 is 0 Å². The Labute approximate surface area is 140 Å². The van der Waals surface area contributed by atoms with E-state index in [4.69, 9.17) is 0 Å². The molecule has 2 heterocycles. The van der Waals surface area contributed by atoms with Crippen LogP contribution in [0.2, 0.25) is 0 Å². The number of rotatable bonds is 2. The van der Waals surface area contributed by atoms with E-state index in [0.29, 0.717) is 11.1 Å². The van der Waals surface area contributed by atoms with Crippen LogP contribution in [0.1, 0.15) is 26.3 Å². The van der Waals surface area contributed by atoms with Crippen molar-refractivity contribution in [3.63, 3.8) is 0 Å². The van der Waals surface area contributed by atoms with Crippen LogP contribution in [0, 0.1) is 0 Å². The number of imide groups is 1. The summed E-state index contributed by atoms with van der Waals surface area (Å²) in [6.45, 7) is 0.238. The molecule has 4 rings (SSSR count). The maximum absolute atomic E-state index is 12.5. The van der Waals surface area contributed by atoms with Gasteiger partial charge < -0.3 is 0 Å². The molecule has 0 fully saturated rings. The van der Waals surface area contributed by atoms with Crippen molar-refractivity contribution in [1.82, 2.24) is 9.88 Å². The average molecular weight is 367 g/mol. The molecule has 0 N–H and O–H groups in total. The lowest BCUT2D eigenvalue weighted by Gasteiger charge is -2.16. The van der Waals surface area contributed by atoms with E-state index in [1.165, 1.54) is 4.90 Å². The number of benzene rings is 2. The number of nitrogens with zero attached hydrogens (tertiary/aromatic N) is 2. The van der Waals surface area contributed by atoms with Crippen LogP contribution >= 0.6 is 15.9 Å². The maximum atomic E-state index is 12.5. The second-order valence-electron chi connectivity index (χ2n) is 5.37. The van der Waals surface area contributed by atoms with Crippen LogP contribution in [-0.2, 0) is 6.54 Å². The number of hydrogen-bond donors (Lipinski definition) is 0. The van der Waals surface area contributed by atoms with E-state index in [9.17, 15) is 9.59 Å². The van der Waals surface area contributed by atoms with Gasteiger partial charge in [-0.2, -0.15) is 0 Å². The Balaban J connectivity index is 1.77. The zero-order valence-corrected chi connectivity index (χ0v) is 13.6. The van der Waals surface area contributed by atoms with Crippen LogP contribution in [-0.4, -0.2) is 21.7 Å². The number of aromatic nitrogens is 1. The summed E-state index contributed by atoms with van der Waals surface area (Å²) < 4.78 is 0.959. The summed E-state index contributed by atoms with van der Waals surface area (Å²) in [5.74, 6) is -0.490. The monoisotopic (exact) mass is 366 g/mol. The van der Waals surface area contributed by atoms with Gasteiger partial charge in [-0.1, -0.05) is 34.1 Å². The average Bonchev–Trinajstić information content (AvgIpc) is 2.83. The molecule has 2 amide bonds. The number of hydrogen-bond acceptors (Lipinski definition) is 3. The van der Waals surface area contributed by atoms with E-state index in [1.54, 1.807) is 36.7 Å². The molecule has 0 radical (unpaired) electrons. The maximum Gasteiger partial charge on any atom is 0.261 e. The quantitative estimate of drug-likeness (QED) is 0.648. The Morgan fingerprint density at radius 3 is 2.30 bits per heavy atom. The number of amides is 2. The smallest absolute Gasteiger partial charge is 0.261 e. The first-order valence-electron chi connectivity index (χ1n) is 7.13. The van der Waals surface area contributed by atoms with Crippen molar-refractivity contribution in [2.75, 3.05) is 0 Å². The lowest BCUT2D eigenvalue weighted by atomic mass is 10.1. The topological polar surface area (TPSA) is 50.3 Å². The van der Waals surface area contributed by atoms with Gasteiger partial charge in [-0.05, 0) is 35.2 Å². The van der Waals surface area contributed by atoms with Gasteiger partial charge in [0.15, 0.2) is 0 Å². The van der Waals surface area contributed by atoms with E-state index in [-0.39, 0.29) is 18.4 Å². The van der Waals surface area contributed by atoms with Crippen molar-refractivity contribution in [2.24, 2.45) is 0 Å². The van der Waals surface area contributed by atoms with Crippen molar-refractivity contribution in [1.29, 1.82) is 0 Å². The summed E-state index contributed by atoms with van der Waals surface area (Å²) in [5, 5.41) is 1.94. The molecule has 0 aliphatic carbocycles. The van der Waals surface area contributed by atoms with Crippen LogP contribution in [0.15, 0.2) is 59.3 Å². The third kappa shape index (κ3) is 2.16. The van der Waals surface area contributed by atoms with Crippen molar-refractivity contribution >= 4 is 38.5 Å². The minimum Gasteiger partial charge on any atom is -0.270 e. The summed E-state index contributed by atoms with van der Waals surface area (Å²) in [6.07, 6.45) is 3.48. The molecule has 3 aromatic rings. The third-order valence-corrected chi connectivity index (χ3v) is 4.75. The zero-order chi connectivity index (χ0) is 16.0. The van der Waals surface area contributed by atoms with Crippen LogP contribution in [0.4, 0.5) is 0 Å². The van der Waals surface area contributed by atoms with Gasteiger partial charge in [0.25, 0.3) is 11.8 Å². The molecule has 0 atom stereocenters. The van der Waals surface area contributed by atoms with Gasteiger partial charge in [0, 0.05) is 22.3 Å². The third-order valence-electron chi connectivity index (χ3n) is 4.06. The fourth-order valence-electron chi connectivity index (χ4n) is 2.90. The molecule has 0 unspecified atom stereocenters. The normalized spacial score (nSPS) is 13.7. The largest absolute Gasteiger partial charge is 0.270 e. The Hall–Kier alpha value is -2.53. The molecule has 1 aliphatic heterocycles. The molecule has 0 saturated heterocycles. The number of carbonyl (C=O) groups is 2.